The highest BCUT2D eigenvalue weighted by atomic mass is 79.9. The van der Waals surface area contributed by atoms with E-state index >= 15 is 0 Å². The Hall–Kier alpha value is -0.840. The Labute approximate surface area is 139 Å². The van der Waals surface area contributed by atoms with Crippen LogP contribution < -0.4 is 5.32 Å². The molecule has 0 fully saturated rings. The zero-order valence-corrected chi connectivity index (χ0v) is 14.4. The topological polar surface area (TPSA) is 29.1 Å². The van der Waals surface area contributed by atoms with Gasteiger partial charge in [-0.25, -0.2) is 0 Å². The number of halogens is 3. The monoisotopic (exact) mass is 415 g/mol. The molecule has 0 saturated carbocycles. The zero-order chi connectivity index (χ0) is 14.5. The van der Waals surface area contributed by atoms with Crippen LogP contribution in [0.1, 0.15) is 15.9 Å². The molecule has 2 nitrogen and oxygen atoms in total. The van der Waals surface area contributed by atoms with Crippen molar-refractivity contribution in [1.82, 2.24) is 5.32 Å². The maximum absolute atomic E-state index is 12.1. The van der Waals surface area contributed by atoms with Crippen molar-refractivity contribution in [2.75, 3.05) is 6.54 Å². The molecule has 0 aromatic heterocycles. The minimum absolute atomic E-state index is 0.0970. The van der Waals surface area contributed by atoms with E-state index in [2.05, 4.69) is 37.2 Å². The summed E-state index contributed by atoms with van der Waals surface area (Å²) in [6.07, 6.45) is 0.748. The lowest BCUT2D eigenvalue weighted by Gasteiger charge is -2.07. The third kappa shape index (κ3) is 4.33. The van der Waals surface area contributed by atoms with Crippen molar-refractivity contribution < 1.29 is 4.79 Å². The molecular weight excluding hydrogens is 405 g/mol. The number of rotatable bonds is 4. The number of hydrogen-bond acceptors (Lipinski definition) is 1. The molecule has 0 unspecified atom stereocenters. The summed E-state index contributed by atoms with van der Waals surface area (Å²) in [5.41, 5.74) is 1.72. The van der Waals surface area contributed by atoms with Gasteiger partial charge in [0.25, 0.3) is 5.91 Å². The van der Waals surface area contributed by atoms with Crippen molar-refractivity contribution in [3.8, 4) is 0 Å². The molecule has 0 spiro atoms. The Bertz CT molecular complexity index is 631. The highest BCUT2D eigenvalue weighted by Gasteiger charge is 2.09. The van der Waals surface area contributed by atoms with Gasteiger partial charge in [0.05, 0.1) is 5.56 Å². The summed E-state index contributed by atoms with van der Waals surface area (Å²) >= 11 is 12.7. The summed E-state index contributed by atoms with van der Waals surface area (Å²) in [5.74, 6) is -0.0970. The molecule has 104 valence electrons. The Morgan fingerprint density at radius 1 is 1.15 bits per heavy atom. The molecular formula is C15H12Br2ClNO. The molecule has 0 atom stereocenters. The number of amides is 1. The van der Waals surface area contributed by atoms with Crippen molar-refractivity contribution in [1.29, 1.82) is 0 Å². The van der Waals surface area contributed by atoms with E-state index in [4.69, 9.17) is 11.6 Å². The summed E-state index contributed by atoms with van der Waals surface area (Å²) in [6.45, 7) is 0.568. The van der Waals surface area contributed by atoms with E-state index in [-0.39, 0.29) is 5.91 Å². The molecule has 5 heteroatoms. The quantitative estimate of drug-likeness (QED) is 0.758. The SMILES string of the molecule is O=C(NCCc1cccc(Cl)c1)c1cc(Br)ccc1Br. The summed E-state index contributed by atoms with van der Waals surface area (Å²) in [5, 5.41) is 3.61. The van der Waals surface area contributed by atoms with Gasteiger partial charge in [-0.15, -0.1) is 0 Å². The summed E-state index contributed by atoms with van der Waals surface area (Å²) in [6, 6.07) is 13.2. The minimum atomic E-state index is -0.0970. The van der Waals surface area contributed by atoms with Crippen LogP contribution in [0.25, 0.3) is 0 Å². The van der Waals surface area contributed by atoms with Gasteiger partial charge in [-0.05, 0) is 58.2 Å². The fraction of sp³-hybridized carbons (Fsp3) is 0.133. The highest BCUT2D eigenvalue weighted by molar-refractivity contribution is 9.11. The lowest BCUT2D eigenvalue weighted by Crippen LogP contribution is -2.26. The van der Waals surface area contributed by atoms with Gasteiger partial charge in [-0.3, -0.25) is 4.79 Å². The van der Waals surface area contributed by atoms with Crippen LogP contribution in [-0.2, 0) is 6.42 Å². The number of hydrogen-bond donors (Lipinski definition) is 1. The predicted molar refractivity (Wildman–Crippen MR) is 89.3 cm³/mol. The van der Waals surface area contributed by atoms with Crippen molar-refractivity contribution in [2.45, 2.75) is 6.42 Å². The summed E-state index contributed by atoms with van der Waals surface area (Å²) < 4.78 is 1.65. The maximum Gasteiger partial charge on any atom is 0.252 e. The Morgan fingerprint density at radius 2 is 1.95 bits per heavy atom. The van der Waals surface area contributed by atoms with Crippen LogP contribution in [0, 0.1) is 0 Å². The van der Waals surface area contributed by atoms with Gasteiger partial charge in [0.1, 0.15) is 0 Å². The van der Waals surface area contributed by atoms with Gasteiger partial charge in [0.15, 0.2) is 0 Å². The fourth-order valence-corrected chi connectivity index (χ4v) is 2.78. The van der Waals surface area contributed by atoms with Crippen LogP contribution in [0.2, 0.25) is 5.02 Å². The van der Waals surface area contributed by atoms with Gasteiger partial charge in [-0.2, -0.15) is 0 Å². The van der Waals surface area contributed by atoms with E-state index in [9.17, 15) is 4.79 Å². The molecule has 2 aromatic rings. The predicted octanol–water partition coefficient (Wildman–Crippen LogP) is 4.84. The molecule has 0 radical (unpaired) electrons. The molecule has 0 aliphatic carbocycles. The fourth-order valence-electron chi connectivity index (χ4n) is 1.78. The standard InChI is InChI=1S/C15H12Br2ClNO/c16-11-4-5-14(17)13(9-11)15(20)19-7-6-10-2-1-3-12(18)8-10/h1-5,8-9H,6-7H2,(H,19,20). The number of nitrogens with one attached hydrogen (secondary N) is 1. The molecule has 0 aliphatic heterocycles. The van der Waals surface area contributed by atoms with E-state index in [0.717, 1.165) is 20.9 Å². The van der Waals surface area contributed by atoms with Crippen LogP contribution in [0.5, 0.6) is 0 Å². The molecule has 20 heavy (non-hydrogen) atoms. The van der Waals surface area contributed by atoms with E-state index in [1.807, 2.05) is 36.4 Å². The second-order valence-corrected chi connectivity index (χ2v) is 6.47. The lowest BCUT2D eigenvalue weighted by atomic mass is 10.1. The second kappa shape index (κ2) is 7.25. The van der Waals surface area contributed by atoms with Gasteiger partial charge in [0.2, 0.25) is 0 Å². The first kappa shape index (κ1) is 15.5. The lowest BCUT2D eigenvalue weighted by molar-refractivity contribution is 0.0953. The van der Waals surface area contributed by atoms with Crippen LogP contribution >= 0.6 is 43.5 Å². The van der Waals surface area contributed by atoms with Gasteiger partial charge >= 0.3 is 0 Å². The molecule has 2 aromatic carbocycles. The van der Waals surface area contributed by atoms with Crippen LogP contribution in [0.3, 0.4) is 0 Å². The highest BCUT2D eigenvalue weighted by Crippen LogP contribution is 2.21. The zero-order valence-electron chi connectivity index (χ0n) is 10.5. The Kier molecular flexibility index (Phi) is 5.64. The third-order valence-electron chi connectivity index (χ3n) is 2.76. The first-order valence-corrected chi connectivity index (χ1v) is 8.00. The smallest absolute Gasteiger partial charge is 0.252 e. The average molecular weight is 418 g/mol. The second-order valence-electron chi connectivity index (χ2n) is 4.26. The van der Waals surface area contributed by atoms with Crippen LogP contribution in [0.15, 0.2) is 51.4 Å². The normalized spacial score (nSPS) is 10.3. The Morgan fingerprint density at radius 3 is 2.70 bits per heavy atom. The molecule has 1 amide bonds. The van der Waals surface area contributed by atoms with Gasteiger partial charge in [0, 0.05) is 20.5 Å². The minimum Gasteiger partial charge on any atom is -0.352 e. The van der Waals surface area contributed by atoms with E-state index < -0.39 is 0 Å². The van der Waals surface area contributed by atoms with E-state index in [0.29, 0.717) is 17.1 Å². The van der Waals surface area contributed by atoms with Crippen molar-refractivity contribution in [3.63, 3.8) is 0 Å². The van der Waals surface area contributed by atoms with Crippen LogP contribution in [0.4, 0.5) is 0 Å². The summed E-state index contributed by atoms with van der Waals surface area (Å²) in [4.78, 5) is 12.1. The van der Waals surface area contributed by atoms with Crippen molar-refractivity contribution >= 4 is 49.4 Å². The van der Waals surface area contributed by atoms with E-state index in [1.54, 1.807) is 6.07 Å². The largest absolute Gasteiger partial charge is 0.352 e. The number of benzene rings is 2. The Balaban J connectivity index is 1.94. The molecule has 0 aliphatic rings. The molecule has 0 bridgehead atoms. The van der Waals surface area contributed by atoms with E-state index in [1.165, 1.54) is 0 Å². The molecule has 0 saturated heterocycles. The van der Waals surface area contributed by atoms with Gasteiger partial charge in [-0.1, -0.05) is 39.7 Å². The van der Waals surface area contributed by atoms with Gasteiger partial charge < -0.3 is 5.32 Å². The molecule has 0 heterocycles. The summed E-state index contributed by atoms with van der Waals surface area (Å²) in [7, 11) is 0. The van der Waals surface area contributed by atoms with Crippen LogP contribution in [-0.4, -0.2) is 12.5 Å². The van der Waals surface area contributed by atoms with Crippen molar-refractivity contribution in [2.24, 2.45) is 0 Å². The maximum atomic E-state index is 12.1. The van der Waals surface area contributed by atoms with Crippen molar-refractivity contribution in [3.05, 3.63) is 67.6 Å². The number of carbonyl (C=O) groups excluding carboxylic acids is 1. The first-order chi connectivity index (χ1) is 9.56. The number of carbonyl (C=O) groups is 1. The first-order valence-electron chi connectivity index (χ1n) is 6.04. The molecule has 2 rings (SSSR count). The third-order valence-corrected chi connectivity index (χ3v) is 4.18. The molecule has 1 N–H and O–H groups in total. The average Bonchev–Trinajstić information content (AvgIpc) is 2.41.